The fraction of sp³-hybridized carbons (Fsp3) is 0.786. The van der Waals surface area contributed by atoms with Gasteiger partial charge in [-0.2, -0.15) is 0 Å². The van der Waals surface area contributed by atoms with Crippen LogP contribution in [0.25, 0.3) is 0 Å². The summed E-state index contributed by atoms with van der Waals surface area (Å²) in [5.41, 5.74) is 0. The lowest BCUT2D eigenvalue weighted by atomic mass is 10.1. The number of carbonyl (C=O) groups excluding carboxylic acids is 1. The number of hydrogen-bond donors (Lipinski definition) is 0. The second-order valence-corrected chi connectivity index (χ2v) is 4.06. The average molecular weight is 209 g/mol. The van der Waals surface area contributed by atoms with E-state index in [-0.39, 0.29) is 0 Å². The third-order valence-corrected chi connectivity index (χ3v) is 2.54. The molecule has 0 heterocycles. The Morgan fingerprint density at radius 2 is 1.47 bits per heavy atom. The molecule has 0 atom stereocenters. The van der Waals surface area contributed by atoms with Crippen LogP contribution in [0.5, 0.6) is 0 Å². The van der Waals surface area contributed by atoms with Gasteiger partial charge >= 0.3 is 0 Å². The van der Waals surface area contributed by atoms with Crippen LogP contribution in [0.15, 0.2) is 12.2 Å². The second kappa shape index (κ2) is 13.4. The zero-order chi connectivity index (χ0) is 11.2. The Bertz CT molecular complexity index is 149. The zero-order valence-corrected chi connectivity index (χ0v) is 10.1. The van der Waals surface area contributed by atoms with Crippen molar-refractivity contribution in [3.8, 4) is 0 Å². The lowest BCUT2D eigenvalue weighted by Crippen LogP contribution is -1.78. The lowest BCUT2D eigenvalue weighted by Gasteiger charge is -1.97. The molecule has 15 heavy (non-hydrogen) atoms. The van der Waals surface area contributed by atoms with E-state index in [1.807, 2.05) is 6.29 Å². The Balaban J connectivity index is 2.99. The summed E-state index contributed by atoms with van der Waals surface area (Å²) >= 11 is 0. The monoisotopic (exact) mass is 209 g/mol. The van der Waals surface area contributed by atoms with Gasteiger partial charge in [0.25, 0.3) is 0 Å². The molecule has 0 unspecified atom stereocenters. The third-order valence-electron chi connectivity index (χ3n) is 2.54. The highest BCUT2D eigenvalue weighted by Crippen LogP contribution is 2.07. The van der Waals surface area contributed by atoms with Gasteiger partial charge in [-0.1, -0.05) is 51.2 Å². The van der Waals surface area contributed by atoms with E-state index in [1.165, 1.54) is 44.9 Å². The maximum absolute atomic E-state index is 9.92. The van der Waals surface area contributed by atoms with Crippen LogP contribution in [0.2, 0.25) is 0 Å². The molecule has 1 heteroatoms. The summed E-state index contributed by atoms with van der Waals surface area (Å²) in [6, 6.07) is 0. The first-order valence-corrected chi connectivity index (χ1v) is 6.41. The topological polar surface area (TPSA) is 17.1 Å². The van der Waals surface area contributed by atoms with Crippen molar-refractivity contribution >= 4 is 6.29 Å². The van der Waals surface area contributed by atoms with E-state index in [2.05, 4.69) is 19.1 Å². The molecule has 87 valence electrons. The van der Waals surface area contributed by atoms with Crippen molar-refractivity contribution in [2.45, 2.75) is 71.1 Å². The van der Waals surface area contributed by atoms with Crippen LogP contribution in [0, 0.1) is 0 Å². The summed E-state index contributed by atoms with van der Waals surface area (Å²) in [5, 5.41) is 0. The maximum Gasteiger partial charge on any atom is 0.198 e. The summed E-state index contributed by atoms with van der Waals surface area (Å²) < 4.78 is 0. The molecule has 0 aliphatic rings. The maximum atomic E-state index is 9.92. The summed E-state index contributed by atoms with van der Waals surface area (Å²) in [7, 11) is 0. The van der Waals surface area contributed by atoms with Gasteiger partial charge in [0.15, 0.2) is 6.29 Å². The van der Waals surface area contributed by atoms with Gasteiger partial charge in [0, 0.05) is 6.42 Å². The second-order valence-electron chi connectivity index (χ2n) is 4.06. The highest BCUT2D eigenvalue weighted by Gasteiger charge is 1.88. The van der Waals surface area contributed by atoms with Crippen LogP contribution in [-0.2, 0) is 4.79 Å². The van der Waals surface area contributed by atoms with E-state index >= 15 is 0 Å². The molecular formula is C14H25O. The first kappa shape index (κ1) is 14.4. The van der Waals surface area contributed by atoms with Gasteiger partial charge in [0.05, 0.1) is 0 Å². The van der Waals surface area contributed by atoms with E-state index in [0.29, 0.717) is 6.42 Å². The minimum Gasteiger partial charge on any atom is -0.291 e. The Kier molecular flexibility index (Phi) is 12.9. The van der Waals surface area contributed by atoms with Crippen LogP contribution in [0.1, 0.15) is 71.1 Å². The first-order chi connectivity index (χ1) is 7.41. The molecule has 0 N–H and O–H groups in total. The van der Waals surface area contributed by atoms with Gasteiger partial charge in [-0.15, -0.1) is 0 Å². The van der Waals surface area contributed by atoms with E-state index in [0.717, 1.165) is 12.8 Å². The Morgan fingerprint density at radius 1 is 0.867 bits per heavy atom. The molecule has 1 radical (unpaired) electrons. The van der Waals surface area contributed by atoms with Crippen molar-refractivity contribution in [1.29, 1.82) is 0 Å². The number of rotatable bonds is 11. The molecule has 0 aliphatic heterocycles. The summed E-state index contributed by atoms with van der Waals surface area (Å²) in [6.45, 7) is 2.25. The van der Waals surface area contributed by atoms with Gasteiger partial charge in [0.2, 0.25) is 0 Å². The van der Waals surface area contributed by atoms with Crippen molar-refractivity contribution in [2.24, 2.45) is 0 Å². The van der Waals surface area contributed by atoms with Crippen LogP contribution < -0.4 is 0 Å². The van der Waals surface area contributed by atoms with Gasteiger partial charge in [-0.25, -0.2) is 0 Å². The fourth-order valence-electron chi connectivity index (χ4n) is 1.57. The van der Waals surface area contributed by atoms with E-state index in [9.17, 15) is 4.79 Å². The molecule has 0 aromatic rings. The third kappa shape index (κ3) is 13.4. The highest BCUT2D eigenvalue weighted by atomic mass is 16.1. The van der Waals surface area contributed by atoms with Gasteiger partial charge in [-0.05, 0) is 25.7 Å². The van der Waals surface area contributed by atoms with Gasteiger partial charge in [-0.3, -0.25) is 4.79 Å². The van der Waals surface area contributed by atoms with Crippen molar-refractivity contribution in [3.63, 3.8) is 0 Å². The Labute approximate surface area is 95.0 Å². The molecule has 0 spiro atoms. The smallest absolute Gasteiger partial charge is 0.198 e. The molecule has 0 fully saturated rings. The van der Waals surface area contributed by atoms with Gasteiger partial charge < -0.3 is 0 Å². The van der Waals surface area contributed by atoms with E-state index in [4.69, 9.17) is 0 Å². The quantitative estimate of drug-likeness (QED) is 0.360. The molecule has 0 saturated heterocycles. The molecule has 0 bridgehead atoms. The zero-order valence-electron chi connectivity index (χ0n) is 10.1. The molecule has 0 aromatic heterocycles. The van der Waals surface area contributed by atoms with Crippen molar-refractivity contribution < 1.29 is 4.79 Å². The van der Waals surface area contributed by atoms with E-state index in [1.54, 1.807) is 0 Å². The Hall–Kier alpha value is -0.590. The van der Waals surface area contributed by atoms with Crippen molar-refractivity contribution in [1.82, 2.24) is 0 Å². The number of hydrogen-bond acceptors (Lipinski definition) is 1. The minimum absolute atomic E-state index is 0.585. The molecule has 0 aromatic carbocycles. The predicted molar refractivity (Wildman–Crippen MR) is 66.7 cm³/mol. The van der Waals surface area contributed by atoms with Crippen molar-refractivity contribution in [3.05, 3.63) is 12.2 Å². The van der Waals surface area contributed by atoms with Crippen LogP contribution >= 0.6 is 0 Å². The fourth-order valence-corrected chi connectivity index (χ4v) is 1.57. The predicted octanol–water partition coefficient (Wildman–Crippen LogP) is 4.57. The molecular weight excluding hydrogens is 184 g/mol. The largest absolute Gasteiger partial charge is 0.291 e. The molecule has 0 amide bonds. The van der Waals surface area contributed by atoms with E-state index < -0.39 is 0 Å². The van der Waals surface area contributed by atoms with Crippen molar-refractivity contribution in [2.75, 3.05) is 0 Å². The van der Waals surface area contributed by atoms with Crippen LogP contribution in [0.3, 0.4) is 0 Å². The average Bonchev–Trinajstić information content (AvgIpc) is 2.26. The summed E-state index contributed by atoms with van der Waals surface area (Å²) in [5.74, 6) is 0. The minimum atomic E-state index is 0.585. The SMILES string of the molecule is CCCCCCCC/C=C\CCC[C]=O. The summed E-state index contributed by atoms with van der Waals surface area (Å²) in [4.78, 5) is 9.92. The lowest BCUT2D eigenvalue weighted by molar-refractivity contribution is 0.549. The highest BCUT2D eigenvalue weighted by molar-refractivity contribution is 5.50. The standard InChI is InChI=1S/C14H25O/c1-2-3-4-5-6-7-8-9-10-11-12-13-14-15/h9-10H,2-8,11-13H2,1H3/b10-9-. The number of unbranched alkanes of at least 4 members (excludes halogenated alkanes) is 8. The summed E-state index contributed by atoms with van der Waals surface area (Å²) in [6.07, 6.45) is 18.3. The first-order valence-electron chi connectivity index (χ1n) is 6.41. The number of allylic oxidation sites excluding steroid dienone is 2. The normalized spacial score (nSPS) is 11.0. The molecule has 1 nitrogen and oxygen atoms in total. The molecule has 0 rings (SSSR count). The van der Waals surface area contributed by atoms with Crippen LogP contribution in [-0.4, -0.2) is 6.29 Å². The molecule has 0 saturated carbocycles. The van der Waals surface area contributed by atoms with Gasteiger partial charge in [0.1, 0.15) is 0 Å². The van der Waals surface area contributed by atoms with Crippen LogP contribution in [0.4, 0.5) is 0 Å². The Morgan fingerprint density at radius 3 is 2.13 bits per heavy atom. The molecule has 0 aliphatic carbocycles.